The van der Waals surface area contributed by atoms with Gasteiger partial charge in [0, 0.05) is 31.1 Å². The quantitative estimate of drug-likeness (QED) is 0.407. The largest absolute Gasteiger partial charge is 0.369 e. The van der Waals surface area contributed by atoms with E-state index in [0.717, 1.165) is 25.8 Å². The molecule has 0 bridgehead atoms. The summed E-state index contributed by atoms with van der Waals surface area (Å²) in [6.07, 6.45) is 3.90. The lowest BCUT2D eigenvalue weighted by Gasteiger charge is -2.35. The molecule has 186 valence electrons. The number of nitrogens with two attached hydrogens (primary N) is 1. The predicted octanol–water partition coefficient (Wildman–Crippen LogP) is 5.12. The van der Waals surface area contributed by atoms with Crippen molar-refractivity contribution in [1.82, 2.24) is 5.32 Å². The van der Waals surface area contributed by atoms with Gasteiger partial charge in [-0.1, -0.05) is 63.2 Å². The summed E-state index contributed by atoms with van der Waals surface area (Å²) in [6.45, 7) is 12.0. The summed E-state index contributed by atoms with van der Waals surface area (Å²) in [4.78, 5) is 26.1. The molecule has 0 spiro atoms. The number of hydrogen-bond acceptors (Lipinski definition) is 3. The Bertz CT molecular complexity index is 891. The van der Waals surface area contributed by atoms with Crippen LogP contribution in [0.4, 0.5) is 5.69 Å². The highest BCUT2D eigenvalue weighted by Crippen LogP contribution is 2.21. The van der Waals surface area contributed by atoms with E-state index in [0.29, 0.717) is 25.3 Å². The number of amides is 2. The number of nitrogens with one attached hydrogen (secondary N) is 1. The van der Waals surface area contributed by atoms with Crippen LogP contribution in [0.2, 0.25) is 0 Å². The molecule has 1 unspecified atom stereocenters. The van der Waals surface area contributed by atoms with E-state index in [9.17, 15) is 9.59 Å². The number of nitrogens with zero attached hydrogens (tertiary/aromatic N) is 1. The van der Waals surface area contributed by atoms with Crippen LogP contribution in [0.15, 0.2) is 54.6 Å². The second kappa shape index (κ2) is 13.2. The number of rotatable bonds is 14. The second-order valence-corrected chi connectivity index (χ2v) is 10.5. The third-order valence-electron chi connectivity index (χ3n) is 6.18. The van der Waals surface area contributed by atoms with Gasteiger partial charge in [-0.2, -0.15) is 0 Å². The predicted molar refractivity (Wildman–Crippen MR) is 142 cm³/mol. The average molecular weight is 466 g/mol. The Hall–Kier alpha value is -2.82. The molecule has 2 rings (SSSR count). The minimum atomic E-state index is -0.407. The van der Waals surface area contributed by atoms with E-state index in [1.165, 1.54) is 16.8 Å². The van der Waals surface area contributed by atoms with Gasteiger partial charge in [-0.15, -0.1) is 0 Å². The van der Waals surface area contributed by atoms with Gasteiger partial charge in [0.1, 0.15) is 0 Å². The van der Waals surface area contributed by atoms with Crippen molar-refractivity contribution in [3.8, 4) is 0 Å². The van der Waals surface area contributed by atoms with Crippen molar-refractivity contribution in [2.75, 3.05) is 18.0 Å². The van der Waals surface area contributed by atoms with Crippen LogP contribution in [-0.4, -0.2) is 30.4 Å². The smallest absolute Gasteiger partial charge is 0.220 e. The summed E-state index contributed by atoms with van der Waals surface area (Å²) in [5, 5.41) is 3.16. The molecule has 0 saturated heterocycles. The Morgan fingerprint density at radius 3 is 2.06 bits per heavy atom. The molecule has 2 aromatic carbocycles. The third-order valence-corrected chi connectivity index (χ3v) is 6.18. The number of benzene rings is 2. The Kier molecular flexibility index (Phi) is 10.6. The van der Waals surface area contributed by atoms with Crippen LogP contribution in [-0.2, 0) is 22.4 Å². The zero-order valence-corrected chi connectivity index (χ0v) is 21.6. The zero-order valence-electron chi connectivity index (χ0n) is 21.6. The Labute approximate surface area is 206 Å². The maximum absolute atomic E-state index is 12.5. The number of aryl methyl sites for hydroxylation is 2. The molecule has 0 radical (unpaired) electrons. The van der Waals surface area contributed by atoms with E-state index >= 15 is 0 Å². The first-order valence-corrected chi connectivity index (χ1v) is 12.5. The van der Waals surface area contributed by atoms with Crippen molar-refractivity contribution in [3.63, 3.8) is 0 Å². The molecule has 2 aromatic rings. The minimum absolute atomic E-state index is 0.0434. The van der Waals surface area contributed by atoms with E-state index in [-0.39, 0.29) is 17.7 Å². The van der Waals surface area contributed by atoms with Gasteiger partial charge in [-0.05, 0) is 68.7 Å². The first kappa shape index (κ1) is 27.4. The molecule has 3 N–H and O–H groups in total. The molecule has 34 heavy (non-hydrogen) atoms. The molecule has 0 aromatic heterocycles. The number of carbonyl (C=O) groups is 2. The maximum Gasteiger partial charge on any atom is 0.220 e. The second-order valence-electron chi connectivity index (χ2n) is 10.5. The van der Waals surface area contributed by atoms with Gasteiger partial charge in [0.15, 0.2) is 0 Å². The number of primary amides is 1. The van der Waals surface area contributed by atoms with Gasteiger partial charge in [0.2, 0.25) is 11.8 Å². The fourth-order valence-corrected chi connectivity index (χ4v) is 3.97. The van der Waals surface area contributed by atoms with Crippen molar-refractivity contribution in [2.24, 2.45) is 17.6 Å². The lowest BCUT2D eigenvalue weighted by molar-refractivity contribution is -0.124. The molecule has 0 aliphatic carbocycles. The zero-order chi connectivity index (χ0) is 25.1. The summed E-state index contributed by atoms with van der Waals surface area (Å²) in [5.41, 5.74) is 8.77. The maximum atomic E-state index is 12.5. The highest BCUT2D eigenvalue weighted by atomic mass is 16.2. The fraction of sp³-hybridized carbons (Fsp3) is 0.517. The summed E-state index contributed by atoms with van der Waals surface area (Å²) < 4.78 is 0. The first-order chi connectivity index (χ1) is 16.1. The Balaban J connectivity index is 2.01. The van der Waals surface area contributed by atoms with Gasteiger partial charge in [-0.25, -0.2) is 0 Å². The van der Waals surface area contributed by atoms with E-state index in [4.69, 9.17) is 5.73 Å². The normalized spacial score (nSPS) is 12.4. The van der Waals surface area contributed by atoms with Crippen LogP contribution >= 0.6 is 0 Å². The van der Waals surface area contributed by atoms with Gasteiger partial charge in [0.25, 0.3) is 0 Å². The lowest BCUT2D eigenvalue weighted by atomic mass is 10.00. The summed E-state index contributed by atoms with van der Waals surface area (Å²) >= 11 is 0. The summed E-state index contributed by atoms with van der Waals surface area (Å²) in [5.74, 6) is -0.102. The number of hydrogen-bond donors (Lipinski definition) is 2. The van der Waals surface area contributed by atoms with Gasteiger partial charge < -0.3 is 16.0 Å². The Morgan fingerprint density at radius 1 is 0.912 bits per heavy atom. The van der Waals surface area contributed by atoms with Crippen molar-refractivity contribution in [1.29, 1.82) is 0 Å². The highest BCUT2D eigenvalue weighted by Gasteiger charge is 2.25. The van der Waals surface area contributed by atoms with E-state index in [1.807, 2.05) is 0 Å². The van der Waals surface area contributed by atoms with E-state index in [1.54, 1.807) is 6.92 Å². The third kappa shape index (κ3) is 9.98. The standard InChI is InChI=1S/C29H43N3O2/c1-22(2)19-20-32(21-29(4,5)31-27(33)18-11-23(3)28(30)34)26-16-14-25(15-17-26)13-12-24-9-7-6-8-10-24/h6-10,14-17,22-23H,11-13,18-21H2,1-5H3,(H2,30,34)(H,31,33). The van der Waals surface area contributed by atoms with Crippen molar-refractivity contribution in [3.05, 3.63) is 65.7 Å². The fourth-order valence-electron chi connectivity index (χ4n) is 3.97. The van der Waals surface area contributed by atoms with E-state index < -0.39 is 5.54 Å². The number of anilines is 1. The molecule has 2 amide bonds. The summed E-state index contributed by atoms with van der Waals surface area (Å²) in [6, 6.07) is 19.4. The Morgan fingerprint density at radius 2 is 1.50 bits per heavy atom. The van der Waals surface area contributed by atoms with Crippen LogP contribution in [0.25, 0.3) is 0 Å². The van der Waals surface area contributed by atoms with Crippen molar-refractivity contribution in [2.45, 2.75) is 72.3 Å². The SMILES string of the molecule is CC(C)CCN(CC(C)(C)NC(=O)CCC(C)C(N)=O)c1ccc(CCc2ccccc2)cc1. The van der Waals surface area contributed by atoms with Crippen molar-refractivity contribution >= 4 is 17.5 Å². The molecule has 5 heteroatoms. The highest BCUT2D eigenvalue weighted by molar-refractivity contribution is 5.79. The van der Waals surface area contributed by atoms with Crippen LogP contribution in [0.5, 0.6) is 0 Å². The van der Waals surface area contributed by atoms with Gasteiger partial charge in [-0.3, -0.25) is 9.59 Å². The molecule has 0 heterocycles. The summed E-state index contributed by atoms with van der Waals surface area (Å²) in [7, 11) is 0. The minimum Gasteiger partial charge on any atom is -0.369 e. The van der Waals surface area contributed by atoms with Crippen LogP contribution in [0, 0.1) is 11.8 Å². The molecule has 0 aliphatic heterocycles. The van der Waals surface area contributed by atoms with Crippen molar-refractivity contribution < 1.29 is 9.59 Å². The molecule has 1 atom stereocenters. The molecular weight excluding hydrogens is 422 g/mol. The number of carbonyl (C=O) groups excluding carboxylic acids is 2. The molecule has 0 aliphatic rings. The van der Waals surface area contributed by atoms with Crippen LogP contribution in [0.3, 0.4) is 0 Å². The first-order valence-electron chi connectivity index (χ1n) is 12.5. The monoisotopic (exact) mass is 465 g/mol. The van der Waals surface area contributed by atoms with Crippen LogP contribution < -0.4 is 16.0 Å². The molecule has 0 saturated carbocycles. The lowest BCUT2D eigenvalue weighted by Crippen LogP contribution is -2.52. The van der Waals surface area contributed by atoms with Gasteiger partial charge in [0.05, 0.1) is 5.54 Å². The molecular formula is C29H43N3O2. The van der Waals surface area contributed by atoms with Crippen LogP contribution in [0.1, 0.15) is 65.0 Å². The van der Waals surface area contributed by atoms with E-state index in [2.05, 4.69) is 92.5 Å². The van der Waals surface area contributed by atoms with Gasteiger partial charge >= 0.3 is 0 Å². The molecule has 5 nitrogen and oxygen atoms in total. The molecule has 0 fully saturated rings. The topological polar surface area (TPSA) is 75.4 Å². The average Bonchev–Trinajstić information content (AvgIpc) is 2.79.